The van der Waals surface area contributed by atoms with Gasteiger partial charge in [0, 0.05) is 18.9 Å². The van der Waals surface area contributed by atoms with E-state index in [-0.39, 0.29) is 11.7 Å². The van der Waals surface area contributed by atoms with Gasteiger partial charge in [0.1, 0.15) is 6.10 Å². The molecule has 0 saturated heterocycles. The number of aryl methyl sites for hydroxylation is 1. The number of imidazole rings is 1. The van der Waals surface area contributed by atoms with E-state index >= 15 is 0 Å². The number of hydrogen-bond donors (Lipinski definition) is 2. The Morgan fingerprint density at radius 1 is 1.67 bits per heavy atom. The molecule has 2 rings (SSSR count). The summed E-state index contributed by atoms with van der Waals surface area (Å²) in [6.07, 6.45) is 2.68. The van der Waals surface area contributed by atoms with Gasteiger partial charge in [0.05, 0.1) is 5.69 Å². The van der Waals surface area contributed by atoms with Crippen molar-refractivity contribution in [2.75, 3.05) is 6.54 Å². The van der Waals surface area contributed by atoms with Crippen LogP contribution in [0.15, 0.2) is 12.4 Å². The van der Waals surface area contributed by atoms with Gasteiger partial charge in [-0.15, -0.1) is 0 Å². The van der Waals surface area contributed by atoms with Crippen molar-refractivity contribution in [1.82, 2.24) is 14.4 Å². The Balaban J connectivity index is 2.70. The Morgan fingerprint density at radius 2 is 2.40 bits per heavy atom. The molecule has 0 aliphatic carbocycles. The molecule has 2 aromatic rings. The Bertz CT molecular complexity index is 496. The third kappa shape index (κ3) is 1.69. The number of halogens is 1. The fourth-order valence-corrected chi connectivity index (χ4v) is 1.72. The van der Waals surface area contributed by atoms with Crippen LogP contribution >= 0.6 is 11.6 Å². The number of nitrogens with zero attached hydrogens (tertiary/aromatic N) is 3. The predicted molar refractivity (Wildman–Crippen MR) is 56.7 cm³/mol. The molecular weight excluding hydrogens is 216 g/mol. The fraction of sp³-hybridized carbons (Fsp3) is 0.333. The first-order chi connectivity index (χ1) is 7.13. The first kappa shape index (κ1) is 10.4. The van der Waals surface area contributed by atoms with Gasteiger partial charge < -0.3 is 10.8 Å². The molecule has 0 amide bonds. The Morgan fingerprint density at radius 3 is 3.07 bits per heavy atom. The van der Waals surface area contributed by atoms with Crippen LogP contribution in [-0.4, -0.2) is 26.0 Å². The highest BCUT2D eigenvalue weighted by Gasteiger charge is 2.17. The van der Waals surface area contributed by atoms with Crippen molar-refractivity contribution in [3.63, 3.8) is 0 Å². The zero-order valence-corrected chi connectivity index (χ0v) is 8.94. The maximum absolute atomic E-state index is 9.69. The number of aromatic nitrogens is 3. The van der Waals surface area contributed by atoms with Crippen LogP contribution in [0.5, 0.6) is 0 Å². The molecule has 1 unspecified atom stereocenters. The molecule has 0 spiro atoms. The van der Waals surface area contributed by atoms with Gasteiger partial charge in [0.15, 0.2) is 5.15 Å². The van der Waals surface area contributed by atoms with Crippen LogP contribution in [0.2, 0.25) is 5.15 Å². The highest BCUT2D eigenvalue weighted by atomic mass is 35.5. The average molecular weight is 227 g/mol. The molecular formula is C9H11ClN4O. The van der Waals surface area contributed by atoms with E-state index in [1.807, 2.05) is 13.1 Å². The molecule has 2 heterocycles. The summed E-state index contributed by atoms with van der Waals surface area (Å²) in [5.41, 5.74) is 6.84. The number of hydrogen-bond acceptors (Lipinski definition) is 4. The second-order valence-electron chi connectivity index (χ2n) is 3.34. The van der Waals surface area contributed by atoms with E-state index in [0.717, 1.165) is 5.56 Å². The zero-order chi connectivity index (χ0) is 11.0. The van der Waals surface area contributed by atoms with Gasteiger partial charge in [0.2, 0.25) is 5.78 Å². The molecule has 0 aliphatic rings. The van der Waals surface area contributed by atoms with Crippen molar-refractivity contribution in [2.24, 2.45) is 5.73 Å². The molecule has 0 radical (unpaired) electrons. The molecule has 0 aliphatic heterocycles. The van der Waals surface area contributed by atoms with Crippen LogP contribution in [0, 0.1) is 6.92 Å². The van der Waals surface area contributed by atoms with Gasteiger partial charge in [-0.25, -0.2) is 4.98 Å². The van der Waals surface area contributed by atoms with E-state index in [1.54, 1.807) is 10.6 Å². The third-order valence-electron chi connectivity index (χ3n) is 2.14. The van der Waals surface area contributed by atoms with Crippen molar-refractivity contribution in [1.29, 1.82) is 0 Å². The maximum atomic E-state index is 9.69. The van der Waals surface area contributed by atoms with Crippen LogP contribution in [0.3, 0.4) is 0 Å². The van der Waals surface area contributed by atoms with Crippen LogP contribution < -0.4 is 5.73 Å². The van der Waals surface area contributed by atoms with Gasteiger partial charge in [0.25, 0.3) is 0 Å². The highest BCUT2D eigenvalue weighted by Crippen LogP contribution is 2.22. The van der Waals surface area contributed by atoms with E-state index in [9.17, 15) is 5.11 Å². The lowest BCUT2D eigenvalue weighted by molar-refractivity contribution is 0.181. The minimum atomic E-state index is -0.823. The summed E-state index contributed by atoms with van der Waals surface area (Å²) in [6.45, 7) is 2.00. The van der Waals surface area contributed by atoms with Crippen LogP contribution in [0.4, 0.5) is 0 Å². The average Bonchev–Trinajstić information content (AvgIpc) is 2.52. The summed E-state index contributed by atoms with van der Waals surface area (Å²) in [5, 5.41) is 9.93. The number of rotatable bonds is 2. The van der Waals surface area contributed by atoms with Gasteiger partial charge in [-0.3, -0.25) is 4.40 Å². The van der Waals surface area contributed by atoms with E-state index in [2.05, 4.69) is 9.97 Å². The van der Waals surface area contributed by atoms with E-state index in [1.165, 1.54) is 0 Å². The molecule has 0 saturated carbocycles. The maximum Gasteiger partial charge on any atom is 0.235 e. The molecule has 80 valence electrons. The van der Waals surface area contributed by atoms with Crippen LogP contribution in [0.1, 0.15) is 17.4 Å². The molecule has 0 fully saturated rings. The summed E-state index contributed by atoms with van der Waals surface area (Å²) >= 11 is 5.91. The van der Waals surface area contributed by atoms with Crippen LogP contribution in [-0.2, 0) is 0 Å². The highest BCUT2D eigenvalue weighted by molar-refractivity contribution is 6.30. The lowest BCUT2D eigenvalue weighted by Gasteiger charge is -2.07. The second-order valence-corrected chi connectivity index (χ2v) is 3.70. The topological polar surface area (TPSA) is 76.4 Å². The predicted octanol–water partition coefficient (Wildman–Crippen LogP) is 0.683. The largest absolute Gasteiger partial charge is 0.385 e. The van der Waals surface area contributed by atoms with Crippen molar-refractivity contribution in [3.05, 3.63) is 28.8 Å². The first-order valence-electron chi connectivity index (χ1n) is 4.51. The molecule has 3 N–H and O–H groups in total. The first-order valence-corrected chi connectivity index (χ1v) is 4.89. The summed E-state index contributed by atoms with van der Waals surface area (Å²) in [5.74, 6) is 0.466. The van der Waals surface area contributed by atoms with Gasteiger partial charge in [-0.1, -0.05) is 11.6 Å². The van der Waals surface area contributed by atoms with Crippen molar-refractivity contribution in [2.45, 2.75) is 13.0 Å². The SMILES string of the molecule is Cc1cnc2nc(Cl)c(C(O)CN)n2c1. The molecule has 1 atom stereocenters. The lowest BCUT2D eigenvalue weighted by atomic mass is 10.3. The minimum Gasteiger partial charge on any atom is -0.385 e. The number of fused-ring (bicyclic) bond motifs is 1. The van der Waals surface area contributed by atoms with Crippen molar-refractivity contribution in [3.8, 4) is 0 Å². The molecule has 2 aromatic heterocycles. The molecule has 0 aromatic carbocycles. The van der Waals surface area contributed by atoms with Gasteiger partial charge in [-0.2, -0.15) is 4.98 Å². The molecule has 6 heteroatoms. The third-order valence-corrected chi connectivity index (χ3v) is 2.42. The number of aliphatic hydroxyl groups excluding tert-OH is 1. The Labute approximate surface area is 91.5 Å². The van der Waals surface area contributed by atoms with Crippen molar-refractivity contribution >= 4 is 17.4 Å². The normalized spacial score (nSPS) is 13.3. The van der Waals surface area contributed by atoms with E-state index in [0.29, 0.717) is 11.5 Å². The summed E-state index contributed by atoms with van der Waals surface area (Å²) < 4.78 is 1.66. The van der Waals surface area contributed by atoms with Gasteiger partial charge >= 0.3 is 0 Å². The smallest absolute Gasteiger partial charge is 0.235 e. The minimum absolute atomic E-state index is 0.0987. The number of aliphatic hydroxyl groups is 1. The zero-order valence-electron chi connectivity index (χ0n) is 8.18. The van der Waals surface area contributed by atoms with Crippen molar-refractivity contribution < 1.29 is 5.11 Å². The van der Waals surface area contributed by atoms with E-state index < -0.39 is 6.10 Å². The summed E-state index contributed by atoms with van der Waals surface area (Å²) in [4.78, 5) is 8.12. The van der Waals surface area contributed by atoms with Gasteiger partial charge in [-0.05, 0) is 12.5 Å². The lowest BCUT2D eigenvalue weighted by Crippen LogP contribution is -2.14. The molecule has 5 nitrogen and oxygen atoms in total. The number of nitrogens with two attached hydrogens (primary N) is 1. The molecule has 15 heavy (non-hydrogen) atoms. The quantitative estimate of drug-likeness (QED) is 0.790. The fourth-order valence-electron chi connectivity index (χ4n) is 1.43. The standard InChI is InChI=1S/C9H11ClN4O/c1-5-3-12-9-13-8(10)7(6(15)2-11)14(9)4-5/h3-4,6,15H,2,11H2,1H3. The monoisotopic (exact) mass is 226 g/mol. The Kier molecular flexibility index (Phi) is 2.60. The van der Waals surface area contributed by atoms with Crippen LogP contribution in [0.25, 0.3) is 5.78 Å². The summed E-state index contributed by atoms with van der Waals surface area (Å²) in [7, 11) is 0. The van der Waals surface area contributed by atoms with E-state index in [4.69, 9.17) is 17.3 Å². The summed E-state index contributed by atoms with van der Waals surface area (Å²) in [6, 6.07) is 0. The Hall–Kier alpha value is -1.17. The second kappa shape index (κ2) is 3.77. The molecule has 0 bridgehead atoms.